The van der Waals surface area contributed by atoms with E-state index in [0.717, 1.165) is 5.56 Å². The van der Waals surface area contributed by atoms with Crippen molar-refractivity contribution in [3.8, 4) is 5.88 Å². The van der Waals surface area contributed by atoms with E-state index in [4.69, 9.17) is 16.3 Å². The number of aromatic nitrogens is 1. The third kappa shape index (κ3) is 2.85. The Hall–Kier alpha value is -2.89. The molecule has 3 aromatic rings. The predicted molar refractivity (Wildman–Crippen MR) is 103 cm³/mol. The Morgan fingerprint density at radius 1 is 1.11 bits per heavy atom. The number of para-hydroxylation sites is 1. The molecule has 4 rings (SSSR count). The number of fused-ring (bicyclic) bond motifs is 1. The van der Waals surface area contributed by atoms with Gasteiger partial charge in [0.05, 0.1) is 19.3 Å². The summed E-state index contributed by atoms with van der Waals surface area (Å²) in [5.41, 5.74) is 0.744. The number of hydrogen-bond acceptors (Lipinski definition) is 4. The molecule has 0 fully saturated rings. The van der Waals surface area contributed by atoms with Gasteiger partial charge in [0.25, 0.3) is 5.91 Å². The summed E-state index contributed by atoms with van der Waals surface area (Å²) in [6, 6.07) is 17.8. The monoisotopic (exact) mass is 380 g/mol. The van der Waals surface area contributed by atoms with Gasteiger partial charge in [0, 0.05) is 28.4 Å². The van der Waals surface area contributed by atoms with E-state index in [1.807, 2.05) is 24.3 Å². The molecule has 0 aliphatic carbocycles. The van der Waals surface area contributed by atoms with Crippen molar-refractivity contribution in [2.24, 2.45) is 0 Å². The molecule has 5 nitrogen and oxygen atoms in total. The van der Waals surface area contributed by atoms with Crippen molar-refractivity contribution >= 4 is 23.2 Å². The summed E-state index contributed by atoms with van der Waals surface area (Å²) < 4.78 is 5.07. The van der Waals surface area contributed by atoms with Crippen LogP contribution >= 0.6 is 11.6 Å². The maximum Gasteiger partial charge on any atom is 0.268 e. The molecule has 2 aromatic carbocycles. The zero-order valence-electron chi connectivity index (χ0n) is 14.6. The molecule has 0 radical (unpaired) electrons. The van der Waals surface area contributed by atoms with Crippen LogP contribution in [0.4, 0.5) is 5.69 Å². The van der Waals surface area contributed by atoms with E-state index >= 15 is 0 Å². The zero-order chi connectivity index (χ0) is 19.0. The van der Waals surface area contributed by atoms with Crippen molar-refractivity contribution < 1.29 is 14.6 Å². The molecule has 1 aliphatic heterocycles. The van der Waals surface area contributed by atoms with Gasteiger partial charge < -0.3 is 14.7 Å². The summed E-state index contributed by atoms with van der Waals surface area (Å²) in [5, 5.41) is 12.1. The number of pyridine rings is 1. The summed E-state index contributed by atoms with van der Waals surface area (Å²) in [6.07, 6.45) is 1.47. The summed E-state index contributed by atoms with van der Waals surface area (Å²) in [4.78, 5) is 19.0. The number of ether oxygens (including phenoxy) is 1. The topological polar surface area (TPSA) is 62.7 Å². The minimum Gasteiger partial charge on any atom is -0.481 e. The minimum absolute atomic E-state index is 0.332. The number of aliphatic hydroxyl groups is 1. The van der Waals surface area contributed by atoms with Crippen LogP contribution in [0.1, 0.15) is 16.7 Å². The van der Waals surface area contributed by atoms with E-state index in [2.05, 4.69) is 4.98 Å². The highest BCUT2D eigenvalue weighted by Gasteiger charge is 2.51. The molecule has 2 heterocycles. The lowest BCUT2D eigenvalue weighted by Crippen LogP contribution is -2.41. The summed E-state index contributed by atoms with van der Waals surface area (Å²) in [7, 11) is 1.51. The molecule has 0 saturated carbocycles. The summed E-state index contributed by atoms with van der Waals surface area (Å²) in [5.74, 6) is 0.00437. The average molecular weight is 381 g/mol. The number of halogens is 1. The number of hydrogen-bond donors (Lipinski definition) is 1. The molecule has 0 saturated heterocycles. The second-order valence-electron chi connectivity index (χ2n) is 6.33. The van der Waals surface area contributed by atoms with Crippen LogP contribution in [-0.2, 0) is 16.9 Å². The van der Waals surface area contributed by atoms with Crippen LogP contribution in [0.2, 0.25) is 5.02 Å². The Morgan fingerprint density at radius 2 is 1.85 bits per heavy atom. The van der Waals surface area contributed by atoms with E-state index < -0.39 is 11.5 Å². The maximum absolute atomic E-state index is 13.3. The van der Waals surface area contributed by atoms with Gasteiger partial charge in [0.1, 0.15) is 0 Å². The number of benzene rings is 2. The fraction of sp³-hybridized carbons (Fsp3) is 0.143. The van der Waals surface area contributed by atoms with Gasteiger partial charge in [-0.05, 0) is 29.8 Å². The number of carbonyl (C=O) groups excluding carboxylic acids is 1. The normalized spacial score (nSPS) is 18.5. The summed E-state index contributed by atoms with van der Waals surface area (Å²) in [6.45, 7) is 0.332. The molecular weight excluding hydrogens is 364 g/mol. The van der Waals surface area contributed by atoms with E-state index in [1.165, 1.54) is 13.3 Å². The van der Waals surface area contributed by atoms with Crippen LogP contribution in [0, 0.1) is 0 Å². The SMILES string of the molecule is COc1ccc(C2(O)C(=O)N(Cc3ccc(Cl)cc3)c3ccccc32)cn1. The first kappa shape index (κ1) is 17.5. The number of rotatable bonds is 4. The predicted octanol–water partition coefficient (Wildman–Crippen LogP) is 3.53. The van der Waals surface area contributed by atoms with Crippen LogP contribution in [0.25, 0.3) is 0 Å². The second-order valence-corrected chi connectivity index (χ2v) is 6.77. The first-order valence-corrected chi connectivity index (χ1v) is 8.80. The Balaban J connectivity index is 1.77. The van der Waals surface area contributed by atoms with Gasteiger partial charge in [-0.1, -0.05) is 41.9 Å². The third-order valence-electron chi connectivity index (χ3n) is 4.76. The van der Waals surface area contributed by atoms with Crippen molar-refractivity contribution in [1.29, 1.82) is 0 Å². The molecule has 6 heteroatoms. The van der Waals surface area contributed by atoms with Gasteiger partial charge >= 0.3 is 0 Å². The van der Waals surface area contributed by atoms with Crippen LogP contribution in [0.5, 0.6) is 5.88 Å². The van der Waals surface area contributed by atoms with Gasteiger partial charge in [-0.3, -0.25) is 4.79 Å². The lowest BCUT2D eigenvalue weighted by molar-refractivity contribution is -0.132. The Labute approximate surface area is 161 Å². The van der Waals surface area contributed by atoms with Crippen LogP contribution in [-0.4, -0.2) is 23.1 Å². The van der Waals surface area contributed by atoms with Gasteiger partial charge in [-0.15, -0.1) is 0 Å². The lowest BCUT2D eigenvalue weighted by Gasteiger charge is -2.23. The molecule has 136 valence electrons. The van der Waals surface area contributed by atoms with E-state index in [-0.39, 0.29) is 0 Å². The van der Waals surface area contributed by atoms with Crippen LogP contribution in [0.3, 0.4) is 0 Å². The van der Waals surface area contributed by atoms with Gasteiger partial charge in [0.15, 0.2) is 5.60 Å². The molecular formula is C21H17ClN2O3. The van der Waals surface area contributed by atoms with E-state index in [0.29, 0.717) is 34.3 Å². The number of methoxy groups -OCH3 is 1. The van der Waals surface area contributed by atoms with Gasteiger partial charge in [-0.25, -0.2) is 4.98 Å². The van der Waals surface area contributed by atoms with E-state index in [9.17, 15) is 9.90 Å². The number of anilines is 1. The molecule has 1 aromatic heterocycles. The van der Waals surface area contributed by atoms with Crippen molar-refractivity contribution in [3.63, 3.8) is 0 Å². The fourth-order valence-corrected chi connectivity index (χ4v) is 3.48. The van der Waals surface area contributed by atoms with Crippen molar-refractivity contribution in [3.05, 3.63) is 88.6 Å². The Morgan fingerprint density at radius 3 is 2.52 bits per heavy atom. The molecule has 0 spiro atoms. The number of nitrogens with zero attached hydrogens (tertiary/aromatic N) is 2. The quantitative estimate of drug-likeness (QED) is 0.752. The number of carbonyl (C=O) groups is 1. The molecule has 1 aliphatic rings. The first-order valence-electron chi connectivity index (χ1n) is 8.43. The van der Waals surface area contributed by atoms with Crippen molar-refractivity contribution in [2.45, 2.75) is 12.1 Å². The number of amides is 1. The Kier molecular flexibility index (Phi) is 4.34. The van der Waals surface area contributed by atoms with E-state index in [1.54, 1.807) is 41.3 Å². The van der Waals surface area contributed by atoms with Gasteiger partial charge in [-0.2, -0.15) is 0 Å². The zero-order valence-corrected chi connectivity index (χ0v) is 15.3. The molecule has 1 unspecified atom stereocenters. The maximum atomic E-state index is 13.3. The lowest BCUT2D eigenvalue weighted by atomic mass is 9.88. The van der Waals surface area contributed by atoms with Crippen molar-refractivity contribution in [2.75, 3.05) is 12.0 Å². The minimum atomic E-state index is -1.79. The highest BCUT2D eigenvalue weighted by Crippen LogP contribution is 2.44. The molecule has 1 amide bonds. The van der Waals surface area contributed by atoms with Crippen molar-refractivity contribution in [1.82, 2.24) is 4.98 Å². The third-order valence-corrected chi connectivity index (χ3v) is 5.01. The second kappa shape index (κ2) is 6.68. The first-order chi connectivity index (χ1) is 13.0. The van der Waals surface area contributed by atoms with Crippen LogP contribution in [0.15, 0.2) is 66.9 Å². The molecule has 27 heavy (non-hydrogen) atoms. The Bertz CT molecular complexity index is 989. The van der Waals surface area contributed by atoms with Gasteiger partial charge in [0.2, 0.25) is 5.88 Å². The molecule has 1 atom stereocenters. The van der Waals surface area contributed by atoms with Crippen LogP contribution < -0.4 is 9.64 Å². The summed E-state index contributed by atoms with van der Waals surface area (Å²) >= 11 is 5.95. The highest BCUT2D eigenvalue weighted by molar-refractivity contribution is 6.30. The highest BCUT2D eigenvalue weighted by atomic mass is 35.5. The molecule has 1 N–H and O–H groups in total. The standard InChI is InChI=1S/C21H17ClN2O3/c1-27-19-11-8-15(12-23-19)21(26)17-4-2-3-5-18(17)24(20(21)25)13-14-6-9-16(22)10-7-14/h2-12,26H,13H2,1H3. The largest absolute Gasteiger partial charge is 0.481 e. The smallest absolute Gasteiger partial charge is 0.268 e. The fourth-order valence-electron chi connectivity index (χ4n) is 3.36. The molecule has 0 bridgehead atoms. The average Bonchev–Trinajstić information content (AvgIpc) is 2.93.